The second-order valence-corrected chi connectivity index (χ2v) is 32.5. The van der Waals surface area contributed by atoms with Gasteiger partial charge in [-0.3, -0.25) is 0 Å². The fourth-order valence-electron chi connectivity index (χ4n) is 15.9. The van der Waals surface area contributed by atoms with Gasteiger partial charge >= 0.3 is 24.0 Å². The number of aromatic nitrogens is 12. The molecule has 650 valence electrons. The monoisotopic (exact) mass is 1740 g/mol. The lowest BCUT2D eigenvalue weighted by molar-refractivity contribution is 0.221. The van der Waals surface area contributed by atoms with Crippen LogP contribution in [0.15, 0.2) is 303 Å². The van der Waals surface area contributed by atoms with Crippen LogP contribution in [0.1, 0.15) is 55.4 Å². The molecular formula is C108H86N12O12. The number of phenols is 8. The molecule has 24 heteroatoms. The van der Waals surface area contributed by atoms with Gasteiger partial charge in [0.1, 0.15) is 46.0 Å². The largest absolute Gasteiger partial charge is 0.508 e. The molecular weight excluding hydrogens is 1660 g/mol. The Bertz CT molecular complexity index is 7970. The van der Waals surface area contributed by atoms with Crippen LogP contribution in [0, 0.1) is 0 Å². The minimum atomic E-state index is -0.154. The smallest absolute Gasteiger partial charge is 0.320 e. The Hall–Kier alpha value is -17.3. The van der Waals surface area contributed by atoms with Gasteiger partial charge in [-0.2, -0.15) is 39.9 Å². The predicted molar refractivity (Wildman–Crippen MR) is 517 cm³/mol. The number of nitrogens with zero attached hydrogens (tertiary/aromatic N) is 12. The van der Waals surface area contributed by atoms with E-state index in [2.05, 4.69) is 159 Å². The Kier molecular flexibility index (Phi) is 23.7. The summed E-state index contributed by atoms with van der Waals surface area (Å²) in [4.78, 5) is 54.9. The molecule has 0 saturated carbocycles. The molecule has 0 aliphatic rings. The lowest BCUT2D eigenvalue weighted by atomic mass is 9.93. The molecule has 0 aliphatic heterocycles. The van der Waals surface area contributed by atoms with Crippen molar-refractivity contribution in [2.24, 2.45) is 0 Å². The normalized spacial score (nSPS) is 11.4. The third-order valence-electron chi connectivity index (χ3n) is 21.7. The molecule has 8 N–H and O–H groups in total. The van der Waals surface area contributed by atoms with Gasteiger partial charge in [-0.15, -0.1) is 0 Å². The summed E-state index contributed by atoms with van der Waals surface area (Å²) in [6.45, 7) is 15.2. The van der Waals surface area contributed by atoms with Gasteiger partial charge in [-0.05, 0) is 237 Å². The topological polar surface area (TPSA) is 353 Å². The van der Waals surface area contributed by atoms with E-state index in [0.29, 0.717) is 45.6 Å². The first kappa shape index (κ1) is 85.5. The molecule has 24 nitrogen and oxygen atoms in total. The molecule has 0 unspecified atom stereocenters. The first-order chi connectivity index (χ1) is 63.9. The fourth-order valence-corrected chi connectivity index (χ4v) is 15.9. The molecule has 0 saturated heterocycles. The number of aromatic hydroxyl groups is 8. The molecule has 4 aromatic heterocycles. The Balaban J connectivity index is 0.000000118. The Labute approximate surface area is 756 Å². The quantitative estimate of drug-likeness (QED) is 0.0329. The number of ether oxygens (including phenoxy) is 4. The predicted octanol–water partition coefficient (Wildman–Crippen LogP) is 24.0. The van der Waals surface area contributed by atoms with Crippen molar-refractivity contribution in [3.8, 4) is 161 Å². The van der Waals surface area contributed by atoms with Crippen LogP contribution in [0.2, 0.25) is 0 Å². The highest BCUT2D eigenvalue weighted by molar-refractivity contribution is 6.21. The van der Waals surface area contributed by atoms with Gasteiger partial charge in [0.2, 0.25) is 0 Å². The highest BCUT2D eigenvalue weighted by Crippen LogP contribution is 2.44. The molecule has 4 heterocycles. The van der Waals surface area contributed by atoms with E-state index in [9.17, 15) is 40.9 Å². The minimum absolute atomic E-state index is 0.0408. The minimum Gasteiger partial charge on any atom is -0.508 e. The summed E-state index contributed by atoms with van der Waals surface area (Å²) >= 11 is 0. The van der Waals surface area contributed by atoms with Crippen molar-refractivity contribution in [2.75, 3.05) is 0 Å². The van der Waals surface area contributed by atoms with Gasteiger partial charge < -0.3 is 59.8 Å². The number of hydrogen-bond acceptors (Lipinski definition) is 24. The molecule has 0 aliphatic carbocycles. The fraction of sp³-hybridized carbons (Fsp3) is 0.111. The average molecular weight is 1740 g/mol. The van der Waals surface area contributed by atoms with Crippen molar-refractivity contribution in [3.63, 3.8) is 0 Å². The van der Waals surface area contributed by atoms with Gasteiger partial charge in [0.25, 0.3) is 0 Å². The van der Waals surface area contributed by atoms with Crippen LogP contribution in [0.5, 0.6) is 70.0 Å². The van der Waals surface area contributed by atoms with Crippen LogP contribution in [0.3, 0.4) is 0 Å². The number of fused-ring (bicyclic) bond motifs is 12. The van der Waals surface area contributed by atoms with Crippen LogP contribution in [-0.4, -0.2) is 125 Å². The third kappa shape index (κ3) is 18.2. The van der Waals surface area contributed by atoms with E-state index in [1.165, 1.54) is 53.9 Å². The second-order valence-electron chi connectivity index (χ2n) is 32.5. The highest BCUT2D eigenvalue weighted by atomic mass is 16.5. The van der Waals surface area contributed by atoms with Gasteiger partial charge in [0.15, 0.2) is 46.6 Å². The molecule has 21 rings (SSSR count). The van der Waals surface area contributed by atoms with Crippen LogP contribution < -0.4 is 18.9 Å². The molecule has 17 aromatic carbocycles. The standard InChI is InChI=1S/C30H23N3O3.3C26H21N3O3/c1-17(2)36-30-32-28(24-14-12-19(34)15-27(24)35)31-29(33-30)26-16-25-20-8-4-3-7-18(20)11-13-23(25)21-9-5-6-10-22(21)26;1-15(2)32-26-28-24(21-12-11-18(30)14-22(21)31)27-25(29-26)23-19-9-5-3-7-16(19)13-17-8-4-6-10-20(17)23;1-15(2)32-26-28-24(21-12-11-17(30)14-23(21)31)27-25(29-26)22-13-16-7-3-4-8-18(16)19-9-5-6-10-20(19)22;1-15(2)32-26-28-24(27-25(29-26)22-10-9-21(30)14-23(22)31)19-8-7-18-11-16-5-3-4-6-17(16)12-20(18)13-19/h3-17,34-35H,1-2H3;3*3-15,30-31H,1-2H3. The van der Waals surface area contributed by atoms with Crippen LogP contribution in [-0.2, 0) is 0 Å². The van der Waals surface area contributed by atoms with E-state index in [-0.39, 0.29) is 118 Å². The zero-order valence-electron chi connectivity index (χ0n) is 72.8. The van der Waals surface area contributed by atoms with Crippen molar-refractivity contribution in [1.29, 1.82) is 0 Å². The van der Waals surface area contributed by atoms with Crippen molar-refractivity contribution in [1.82, 2.24) is 59.8 Å². The summed E-state index contributed by atoms with van der Waals surface area (Å²) < 4.78 is 23.3. The average Bonchev–Trinajstić information content (AvgIpc) is 0.743. The summed E-state index contributed by atoms with van der Waals surface area (Å²) in [6, 6.07) is 96.1. The zero-order chi connectivity index (χ0) is 91.5. The third-order valence-corrected chi connectivity index (χ3v) is 21.7. The van der Waals surface area contributed by atoms with E-state index >= 15 is 0 Å². The molecule has 0 fully saturated rings. The van der Waals surface area contributed by atoms with Crippen molar-refractivity contribution < 1.29 is 59.8 Å². The van der Waals surface area contributed by atoms with E-state index < -0.39 is 0 Å². The molecule has 132 heavy (non-hydrogen) atoms. The SMILES string of the molecule is CC(C)Oc1nc(-c2ccc(O)cc2O)nc(-c2c3ccccc3cc3ccccc23)n1.CC(C)Oc1nc(-c2ccc(O)cc2O)nc(-c2cc3c4ccccc4ccc3c3ccccc23)n1.CC(C)Oc1nc(-c2ccc(O)cc2O)nc(-c2cc3ccccc3c3ccccc23)n1.CC(C)Oc1nc(-c2ccc3cc4ccccc4cc3c2)nc(-c2ccc(O)cc2O)n1. The van der Waals surface area contributed by atoms with E-state index in [1.807, 2.05) is 177 Å². The number of benzene rings is 17. The maximum absolute atomic E-state index is 10.5. The van der Waals surface area contributed by atoms with Gasteiger partial charge in [-0.1, -0.05) is 194 Å². The van der Waals surface area contributed by atoms with Crippen LogP contribution >= 0.6 is 0 Å². The first-order valence-electron chi connectivity index (χ1n) is 42.8. The summed E-state index contributed by atoms with van der Waals surface area (Å²) in [5, 5.41) is 100. The second kappa shape index (κ2) is 36.6. The molecule has 0 atom stereocenters. The molecule has 0 bridgehead atoms. The number of rotatable bonds is 16. The summed E-state index contributed by atoms with van der Waals surface area (Å²) in [5.74, 6) is 2.16. The molecule has 0 radical (unpaired) electrons. The molecule has 0 amide bonds. The highest BCUT2D eigenvalue weighted by Gasteiger charge is 2.25. The molecule has 0 spiro atoms. The maximum atomic E-state index is 10.5. The van der Waals surface area contributed by atoms with Crippen LogP contribution in [0.4, 0.5) is 0 Å². The lowest BCUT2D eigenvalue weighted by Crippen LogP contribution is -2.10. The molecule has 21 aromatic rings. The van der Waals surface area contributed by atoms with E-state index in [0.717, 1.165) is 114 Å². The number of hydrogen-bond donors (Lipinski definition) is 8. The van der Waals surface area contributed by atoms with Gasteiger partial charge in [-0.25, -0.2) is 19.9 Å². The Morgan fingerprint density at radius 1 is 0.182 bits per heavy atom. The maximum Gasteiger partial charge on any atom is 0.320 e. The summed E-state index contributed by atoms with van der Waals surface area (Å²) in [6.07, 6.45) is -0.566. The summed E-state index contributed by atoms with van der Waals surface area (Å²) in [7, 11) is 0. The van der Waals surface area contributed by atoms with Gasteiger partial charge in [0.05, 0.1) is 46.7 Å². The van der Waals surface area contributed by atoms with Crippen molar-refractivity contribution in [3.05, 3.63) is 303 Å². The van der Waals surface area contributed by atoms with Crippen molar-refractivity contribution >= 4 is 97.0 Å². The Morgan fingerprint density at radius 3 is 0.864 bits per heavy atom. The summed E-state index contributed by atoms with van der Waals surface area (Å²) in [5.41, 5.74) is 4.87. The van der Waals surface area contributed by atoms with Gasteiger partial charge in [0, 0.05) is 46.5 Å². The number of phenolic OH excluding ortho intramolecular Hbond substituents is 8. The van der Waals surface area contributed by atoms with E-state index in [4.69, 9.17) is 28.9 Å². The van der Waals surface area contributed by atoms with Crippen molar-refractivity contribution in [2.45, 2.75) is 79.8 Å². The Morgan fingerprint density at radius 2 is 0.455 bits per heavy atom. The lowest BCUT2D eigenvalue weighted by Gasteiger charge is -2.14. The van der Waals surface area contributed by atoms with E-state index in [1.54, 1.807) is 24.3 Å². The zero-order valence-corrected chi connectivity index (χ0v) is 72.8. The first-order valence-corrected chi connectivity index (χ1v) is 42.8. The van der Waals surface area contributed by atoms with Crippen LogP contribution in [0.25, 0.3) is 188 Å².